The number of hydrogen-bond acceptors (Lipinski definition) is 5. The van der Waals surface area contributed by atoms with Crippen molar-refractivity contribution >= 4 is 0 Å². The Morgan fingerprint density at radius 1 is 1.26 bits per heavy atom. The molecular formula is C17H22N4O2. The minimum Gasteiger partial charge on any atom is -0.364 e. The van der Waals surface area contributed by atoms with Crippen LogP contribution in [0.1, 0.15) is 36.2 Å². The highest BCUT2D eigenvalue weighted by Gasteiger charge is 2.22. The lowest BCUT2D eigenvalue weighted by Crippen LogP contribution is -2.36. The van der Waals surface area contributed by atoms with Crippen LogP contribution in [-0.4, -0.2) is 32.9 Å². The first-order valence-electron chi connectivity index (χ1n) is 8.49. The van der Waals surface area contributed by atoms with E-state index in [1.54, 1.807) is 17.0 Å². The highest BCUT2D eigenvalue weighted by Crippen LogP contribution is 2.21. The Bertz CT molecular complexity index is 715. The first kappa shape index (κ1) is 14.6. The van der Waals surface area contributed by atoms with Crippen LogP contribution >= 0.6 is 0 Å². The maximum Gasteiger partial charge on any atom is 0.267 e. The molecule has 0 radical (unpaired) electrons. The molecule has 1 aliphatic carbocycles. The molecule has 1 saturated heterocycles. The molecule has 0 amide bonds. The number of likely N-dealkylation sites (tertiary alicyclic amines) is 1. The van der Waals surface area contributed by atoms with Crippen LogP contribution in [-0.2, 0) is 25.9 Å². The van der Waals surface area contributed by atoms with Gasteiger partial charge in [-0.2, -0.15) is 5.10 Å². The highest BCUT2D eigenvalue weighted by molar-refractivity contribution is 5.22. The molecule has 3 heterocycles. The van der Waals surface area contributed by atoms with Crippen LogP contribution in [0.2, 0.25) is 0 Å². The number of nitrogens with zero attached hydrogens (tertiary/aromatic N) is 4. The fourth-order valence-electron chi connectivity index (χ4n) is 3.69. The van der Waals surface area contributed by atoms with E-state index in [-0.39, 0.29) is 5.56 Å². The lowest BCUT2D eigenvalue weighted by atomic mass is 9.96. The van der Waals surface area contributed by atoms with Gasteiger partial charge in [0.1, 0.15) is 6.26 Å². The van der Waals surface area contributed by atoms with Crippen LogP contribution in [0.25, 0.3) is 0 Å². The fourth-order valence-corrected chi connectivity index (χ4v) is 3.69. The molecule has 6 heteroatoms. The van der Waals surface area contributed by atoms with Crippen LogP contribution in [0.4, 0.5) is 0 Å². The minimum atomic E-state index is 0.0654. The van der Waals surface area contributed by atoms with Gasteiger partial charge in [0.25, 0.3) is 5.56 Å². The van der Waals surface area contributed by atoms with Gasteiger partial charge in [-0.3, -0.25) is 9.69 Å². The van der Waals surface area contributed by atoms with Crippen molar-refractivity contribution in [2.75, 3.05) is 13.1 Å². The van der Waals surface area contributed by atoms with Gasteiger partial charge in [0.15, 0.2) is 0 Å². The molecule has 6 nitrogen and oxygen atoms in total. The first-order valence-corrected chi connectivity index (χ1v) is 8.49. The molecule has 4 rings (SSSR count). The number of fused-ring (bicyclic) bond motifs is 1. The van der Waals surface area contributed by atoms with Gasteiger partial charge in [0.05, 0.1) is 11.4 Å². The summed E-state index contributed by atoms with van der Waals surface area (Å²) in [5.74, 6) is 0.535. The van der Waals surface area contributed by atoms with Gasteiger partial charge in [-0.05, 0) is 56.7 Å². The van der Waals surface area contributed by atoms with Crippen molar-refractivity contribution in [1.29, 1.82) is 0 Å². The van der Waals surface area contributed by atoms with E-state index >= 15 is 0 Å². The molecule has 0 unspecified atom stereocenters. The van der Waals surface area contributed by atoms with Crippen LogP contribution < -0.4 is 5.56 Å². The zero-order chi connectivity index (χ0) is 15.6. The molecule has 1 fully saturated rings. The SMILES string of the molecule is O=c1cc2c(nn1CC1CCN(Cc3ccon3)CC1)CCC2. The topological polar surface area (TPSA) is 64.2 Å². The summed E-state index contributed by atoms with van der Waals surface area (Å²) in [6.07, 6.45) is 6.98. The normalized spacial score (nSPS) is 19.1. The van der Waals surface area contributed by atoms with E-state index in [9.17, 15) is 4.79 Å². The van der Waals surface area contributed by atoms with Gasteiger partial charge in [-0.25, -0.2) is 4.68 Å². The smallest absolute Gasteiger partial charge is 0.267 e. The second-order valence-electron chi connectivity index (χ2n) is 6.70. The summed E-state index contributed by atoms with van der Waals surface area (Å²) >= 11 is 0. The quantitative estimate of drug-likeness (QED) is 0.858. The maximum atomic E-state index is 12.2. The summed E-state index contributed by atoms with van der Waals surface area (Å²) in [7, 11) is 0. The van der Waals surface area contributed by atoms with Crippen molar-refractivity contribution in [1.82, 2.24) is 19.8 Å². The van der Waals surface area contributed by atoms with E-state index in [4.69, 9.17) is 4.52 Å². The molecule has 23 heavy (non-hydrogen) atoms. The molecule has 2 aromatic heterocycles. The molecule has 0 aromatic carbocycles. The van der Waals surface area contributed by atoms with Crippen molar-refractivity contribution < 1.29 is 4.52 Å². The second-order valence-corrected chi connectivity index (χ2v) is 6.70. The number of rotatable bonds is 4. The molecule has 0 saturated carbocycles. The van der Waals surface area contributed by atoms with Gasteiger partial charge in [-0.1, -0.05) is 5.16 Å². The summed E-state index contributed by atoms with van der Waals surface area (Å²) in [5, 5.41) is 8.56. The second kappa shape index (κ2) is 6.28. The van der Waals surface area contributed by atoms with E-state index in [1.165, 1.54) is 0 Å². The van der Waals surface area contributed by atoms with Gasteiger partial charge < -0.3 is 4.52 Å². The van der Waals surface area contributed by atoms with Crippen LogP contribution in [0.15, 0.2) is 27.7 Å². The summed E-state index contributed by atoms with van der Waals surface area (Å²) < 4.78 is 6.58. The lowest BCUT2D eigenvalue weighted by Gasteiger charge is -2.31. The third-order valence-corrected chi connectivity index (χ3v) is 5.04. The van der Waals surface area contributed by atoms with Crippen LogP contribution in [0.3, 0.4) is 0 Å². The first-order chi connectivity index (χ1) is 11.3. The third kappa shape index (κ3) is 3.22. The van der Waals surface area contributed by atoms with Gasteiger partial charge in [0.2, 0.25) is 0 Å². The predicted octanol–water partition coefficient (Wildman–Crippen LogP) is 1.63. The molecule has 122 valence electrons. The molecular weight excluding hydrogens is 292 g/mol. The van der Waals surface area contributed by atoms with Crippen molar-refractivity contribution in [2.24, 2.45) is 5.92 Å². The van der Waals surface area contributed by atoms with Crippen molar-refractivity contribution in [3.8, 4) is 0 Å². The van der Waals surface area contributed by atoms with Crippen molar-refractivity contribution in [2.45, 2.75) is 45.2 Å². The summed E-state index contributed by atoms with van der Waals surface area (Å²) in [4.78, 5) is 14.6. The Balaban J connectivity index is 1.35. The van der Waals surface area contributed by atoms with E-state index in [0.717, 1.165) is 75.2 Å². The van der Waals surface area contributed by atoms with E-state index in [2.05, 4.69) is 15.2 Å². The molecule has 2 aromatic rings. The highest BCUT2D eigenvalue weighted by atomic mass is 16.5. The Hall–Kier alpha value is -1.95. The monoisotopic (exact) mass is 314 g/mol. The molecule has 2 aliphatic rings. The minimum absolute atomic E-state index is 0.0654. The molecule has 0 spiro atoms. The number of aryl methyl sites for hydroxylation is 2. The van der Waals surface area contributed by atoms with Gasteiger partial charge in [-0.15, -0.1) is 0 Å². The maximum absolute atomic E-state index is 12.2. The van der Waals surface area contributed by atoms with Gasteiger partial charge in [0, 0.05) is 25.2 Å². The Morgan fingerprint density at radius 2 is 2.13 bits per heavy atom. The number of aromatic nitrogens is 3. The van der Waals surface area contributed by atoms with Crippen molar-refractivity contribution in [3.05, 3.63) is 45.7 Å². The fraction of sp³-hybridized carbons (Fsp3) is 0.588. The van der Waals surface area contributed by atoms with Crippen molar-refractivity contribution in [3.63, 3.8) is 0 Å². The largest absolute Gasteiger partial charge is 0.364 e. The Morgan fingerprint density at radius 3 is 2.91 bits per heavy atom. The number of hydrogen-bond donors (Lipinski definition) is 0. The average Bonchev–Trinajstić information content (AvgIpc) is 3.21. The molecule has 0 N–H and O–H groups in total. The average molecular weight is 314 g/mol. The predicted molar refractivity (Wildman–Crippen MR) is 85.0 cm³/mol. The number of piperidine rings is 1. The summed E-state index contributed by atoms with van der Waals surface area (Å²) in [6.45, 7) is 3.68. The Kier molecular flexibility index (Phi) is 3.99. The zero-order valence-corrected chi connectivity index (χ0v) is 13.3. The summed E-state index contributed by atoms with van der Waals surface area (Å²) in [5.41, 5.74) is 3.34. The molecule has 0 atom stereocenters. The van der Waals surface area contributed by atoms with E-state index < -0.39 is 0 Å². The lowest BCUT2D eigenvalue weighted by molar-refractivity contribution is 0.160. The molecule has 1 aliphatic heterocycles. The van der Waals surface area contributed by atoms with Gasteiger partial charge >= 0.3 is 0 Å². The Labute approximate surface area is 135 Å². The standard InChI is InChI=1S/C17H22N4O2/c22-17-10-14-2-1-3-16(14)18-21(17)11-13-4-7-20(8-5-13)12-15-6-9-23-19-15/h6,9-10,13H,1-5,7-8,11-12H2. The van der Waals surface area contributed by atoms with Crippen LogP contribution in [0, 0.1) is 5.92 Å². The third-order valence-electron chi connectivity index (χ3n) is 5.04. The summed E-state index contributed by atoms with van der Waals surface area (Å²) in [6, 6.07) is 3.72. The van der Waals surface area contributed by atoms with E-state index in [0.29, 0.717) is 5.92 Å². The zero-order valence-electron chi connectivity index (χ0n) is 13.3. The van der Waals surface area contributed by atoms with Crippen LogP contribution in [0.5, 0.6) is 0 Å². The van der Waals surface area contributed by atoms with E-state index in [1.807, 2.05) is 6.07 Å². The molecule has 0 bridgehead atoms.